The number of rotatable bonds is 4. The van der Waals surface area contributed by atoms with Crippen LogP contribution >= 0.6 is 0 Å². The van der Waals surface area contributed by atoms with Crippen LogP contribution < -0.4 is 10.6 Å². The SMILES string of the molecule is Cc1occc1-c1cc(NC(=O)N[C@H]2CCO[C@H](C3CC3)C2)no1. The normalized spacial score (nSPS) is 23.9. The zero-order valence-corrected chi connectivity index (χ0v) is 13.6. The van der Waals surface area contributed by atoms with E-state index in [4.69, 9.17) is 13.7 Å². The molecule has 1 saturated carbocycles. The van der Waals surface area contributed by atoms with Crippen LogP contribution in [0, 0.1) is 12.8 Å². The predicted molar refractivity (Wildman–Crippen MR) is 86.6 cm³/mol. The summed E-state index contributed by atoms with van der Waals surface area (Å²) in [6, 6.07) is 3.38. The van der Waals surface area contributed by atoms with Crippen molar-refractivity contribution in [1.82, 2.24) is 10.5 Å². The van der Waals surface area contributed by atoms with E-state index in [2.05, 4.69) is 15.8 Å². The van der Waals surface area contributed by atoms with Crippen LogP contribution in [0.2, 0.25) is 0 Å². The Morgan fingerprint density at radius 3 is 2.96 bits per heavy atom. The Morgan fingerprint density at radius 1 is 1.33 bits per heavy atom. The number of nitrogens with zero attached hydrogens (tertiary/aromatic N) is 1. The third kappa shape index (κ3) is 3.31. The van der Waals surface area contributed by atoms with Crippen molar-refractivity contribution in [2.24, 2.45) is 5.92 Å². The van der Waals surface area contributed by atoms with Gasteiger partial charge in [-0.25, -0.2) is 4.79 Å². The molecule has 1 aliphatic heterocycles. The molecule has 2 amide bonds. The first kappa shape index (κ1) is 15.3. The van der Waals surface area contributed by atoms with Crippen LogP contribution in [-0.2, 0) is 4.74 Å². The van der Waals surface area contributed by atoms with Crippen molar-refractivity contribution in [1.29, 1.82) is 0 Å². The number of furan rings is 1. The molecule has 1 aliphatic carbocycles. The fraction of sp³-hybridized carbons (Fsp3) is 0.529. The number of anilines is 1. The molecule has 0 radical (unpaired) electrons. The molecule has 2 fully saturated rings. The van der Waals surface area contributed by atoms with Gasteiger partial charge >= 0.3 is 6.03 Å². The lowest BCUT2D eigenvalue weighted by molar-refractivity contribution is -0.00890. The highest BCUT2D eigenvalue weighted by atomic mass is 16.5. The van der Waals surface area contributed by atoms with E-state index in [1.807, 2.05) is 6.92 Å². The third-order valence-electron chi connectivity index (χ3n) is 4.67. The van der Waals surface area contributed by atoms with Crippen LogP contribution in [0.3, 0.4) is 0 Å². The maximum absolute atomic E-state index is 12.2. The van der Waals surface area contributed by atoms with E-state index >= 15 is 0 Å². The Morgan fingerprint density at radius 2 is 2.21 bits per heavy atom. The summed E-state index contributed by atoms with van der Waals surface area (Å²) < 4.78 is 16.3. The van der Waals surface area contributed by atoms with Gasteiger partial charge in [0.05, 0.1) is 17.9 Å². The molecule has 3 heterocycles. The smallest absolute Gasteiger partial charge is 0.320 e. The zero-order chi connectivity index (χ0) is 16.5. The number of carbonyl (C=O) groups is 1. The number of ether oxygens (including phenoxy) is 1. The number of urea groups is 1. The number of amides is 2. The summed E-state index contributed by atoms with van der Waals surface area (Å²) in [5.74, 6) is 2.38. The highest BCUT2D eigenvalue weighted by molar-refractivity contribution is 5.88. The number of hydrogen-bond donors (Lipinski definition) is 2. The van der Waals surface area contributed by atoms with E-state index in [9.17, 15) is 4.79 Å². The standard InChI is InChI=1S/C17H21N3O4/c1-10-13(5-7-22-10)15-9-16(20-24-15)19-17(21)18-12-4-6-23-14(8-12)11-2-3-11/h5,7,9,11-12,14H,2-4,6,8H2,1H3,(H2,18,19,20,21)/t12-,14-/m0/s1. The van der Waals surface area contributed by atoms with Crippen LogP contribution in [0.1, 0.15) is 31.4 Å². The molecule has 2 N–H and O–H groups in total. The maximum atomic E-state index is 12.2. The van der Waals surface area contributed by atoms with Gasteiger partial charge in [0.1, 0.15) is 5.76 Å². The molecule has 4 rings (SSSR count). The monoisotopic (exact) mass is 331 g/mol. The molecule has 2 aliphatic rings. The first-order chi connectivity index (χ1) is 11.7. The molecule has 7 nitrogen and oxygen atoms in total. The Balaban J connectivity index is 1.33. The van der Waals surface area contributed by atoms with Gasteiger partial charge in [0.25, 0.3) is 0 Å². The predicted octanol–water partition coefficient (Wildman–Crippen LogP) is 3.32. The van der Waals surface area contributed by atoms with Crippen molar-refractivity contribution >= 4 is 11.8 Å². The molecule has 2 aromatic rings. The van der Waals surface area contributed by atoms with Crippen LogP contribution in [0.25, 0.3) is 11.3 Å². The van der Waals surface area contributed by atoms with Gasteiger partial charge in [-0.1, -0.05) is 5.16 Å². The fourth-order valence-electron chi connectivity index (χ4n) is 3.20. The lowest BCUT2D eigenvalue weighted by Gasteiger charge is -2.30. The molecule has 128 valence electrons. The van der Waals surface area contributed by atoms with Gasteiger partial charge in [-0.3, -0.25) is 5.32 Å². The second kappa shape index (κ2) is 6.32. The molecule has 2 aromatic heterocycles. The lowest BCUT2D eigenvalue weighted by Crippen LogP contribution is -2.44. The van der Waals surface area contributed by atoms with E-state index in [1.54, 1.807) is 18.4 Å². The quantitative estimate of drug-likeness (QED) is 0.897. The number of nitrogens with one attached hydrogen (secondary N) is 2. The summed E-state index contributed by atoms with van der Waals surface area (Å²) in [4.78, 5) is 12.2. The van der Waals surface area contributed by atoms with E-state index in [0.717, 1.165) is 24.2 Å². The Bertz CT molecular complexity index is 719. The minimum absolute atomic E-state index is 0.145. The van der Waals surface area contributed by atoms with Gasteiger partial charge in [0, 0.05) is 18.7 Å². The number of aromatic nitrogens is 1. The van der Waals surface area contributed by atoms with Crippen LogP contribution in [0.15, 0.2) is 27.3 Å². The summed E-state index contributed by atoms with van der Waals surface area (Å²) >= 11 is 0. The Hall–Kier alpha value is -2.28. The average molecular weight is 331 g/mol. The van der Waals surface area contributed by atoms with Gasteiger partial charge < -0.3 is 19.0 Å². The molecular formula is C17H21N3O4. The lowest BCUT2D eigenvalue weighted by atomic mass is 10.0. The summed E-state index contributed by atoms with van der Waals surface area (Å²) in [7, 11) is 0. The van der Waals surface area contributed by atoms with Crippen molar-refractivity contribution in [2.75, 3.05) is 11.9 Å². The second-order valence-corrected chi connectivity index (χ2v) is 6.53. The van der Waals surface area contributed by atoms with Crippen molar-refractivity contribution in [3.05, 3.63) is 24.2 Å². The average Bonchev–Trinajstić information content (AvgIpc) is 3.18. The highest BCUT2D eigenvalue weighted by Crippen LogP contribution is 2.38. The highest BCUT2D eigenvalue weighted by Gasteiger charge is 2.36. The molecule has 0 bridgehead atoms. The molecule has 0 unspecified atom stereocenters. The molecule has 0 spiro atoms. The minimum Gasteiger partial charge on any atom is -0.469 e. The topological polar surface area (TPSA) is 89.5 Å². The Labute approximate surface area is 139 Å². The van der Waals surface area contributed by atoms with Crippen molar-refractivity contribution in [3.8, 4) is 11.3 Å². The number of hydrogen-bond acceptors (Lipinski definition) is 5. The molecule has 7 heteroatoms. The van der Waals surface area contributed by atoms with E-state index in [1.165, 1.54) is 12.8 Å². The van der Waals surface area contributed by atoms with E-state index in [0.29, 0.717) is 30.2 Å². The minimum atomic E-state index is -0.264. The first-order valence-electron chi connectivity index (χ1n) is 8.39. The van der Waals surface area contributed by atoms with Crippen LogP contribution in [-0.4, -0.2) is 29.9 Å². The molecule has 1 saturated heterocycles. The van der Waals surface area contributed by atoms with Gasteiger partial charge in [-0.05, 0) is 44.6 Å². The van der Waals surface area contributed by atoms with E-state index in [-0.39, 0.29) is 12.1 Å². The van der Waals surface area contributed by atoms with Gasteiger partial charge in [0.15, 0.2) is 11.6 Å². The fourth-order valence-corrected chi connectivity index (χ4v) is 3.20. The molecule has 24 heavy (non-hydrogen) atoms. The first-order valence-corrected chi connectivity index (χ1v) is 8.39. The van der Waals surface area contributed by atoms with Crippen LogP contribution in [0.5, 0.6) is 0 Å². The third-order valence-corrected chi connectivity index (χ3v) is 4.67. The summed E-state index contributed by atoms with van der Waals surface area (Å²) in [5.41, 5.74) is 0.827. The molecule has 2 atom stereocenters. The maximum Gasteiger partial charge on any atom is 0.320 e. The van der Waals surface area contributed by atoms with Crippen molar-refractivity contribution < 1.29 is 18.5 Å². The number of aryl methyl sites for hydroxylation is 1. The largest absolute Gasteiger partial charge is 0.469 e. The molecule has 0 aromatic carbocycles. The Kier molecular flexibility index (Phi) is 4.02. The number of carbonyl (C=O) groups excluding carboxylic acids is 1. The molecular weight excluding hydrogens is 310 g/mol. The summed E-state index contributed by atoms with van der Waals surface area (Å²) in [5, 5.41) is 9.62. The zero-order valence-electron chi connectivity index (χ0n) is 13.6. The summed E-state index contributed by atoms with van der Waals surface area (Å²) in [6.45, 7) is 2.55. The van der Waals surface area contributed by atoms with Crippen LogP contribution in [0.4, 0.5) is 10.6 Å². The van der Waals surface area contributed by atoms with Crippen molar-refractivity contribution in [2.45, 2.75) is 44.8 Å². The van der Waals surface area contributed by atoms with E-state index < -0.39 is 0 Å². The van der Waals surface area contributed by atoms with Gasteiger partial charge in [-0.15, -0.1) is 0 Å². The van der Waals surface area contributed by atoms with Gasteiger partial charge in [0.2, 0.25) is 0 Å². The van der Waals surface area contributed by atoms with Gasteiger partial charge in [-0.2, -0.15) is 0 Å². The summed E-state index contributed by atoms with van der Waals surface area (Å²) in [6.07, 6.45) is 6.11. The second-order valence-electron chi connectivity index (χ2n) is 6.53. The van der Waals surface area contributed by atoms with Crippen molar-refractivity contribution in [3.63, 3.8) is 0 Å².